The molecule has 1 unspecified atom stereocenters. The Morgan fingerprint density at radius 2 is 1.79 bits per heavy atom. The third kappa shape index (κ3) is 5.17. The monoisotopic (exact) mass is 443 g/mol. The fraction of sp³-hybridized carbons (Fsp3) is 0.444. The average Bonchev–Trinajstić information content (AvgIpc) is 3.23. The smallest absolute Gasteiger partial charge is 0.274 e. The lowest BCUT2D eigenvalue weighted by molar-refractivity contribution is 0.0716. The maximum atomic E-state index is 13.5. The number of piperidine rings is 1. The molecule has 6 nitrogen and oxygen atoms in total. The van der Waals surface area contributed by atoms with E-state index in [2.05, 4.69) is 51.4 Å². The highest BCUT2D eigenvalue weighted by molar-refractivity contribution is 5.94. The van der Waals surface area contributed by atoms with Crippen molar-refractivity contribution in [3.8, 4) is 0 Å². The van der Waals surface area contributed by atoms with Crippen molar-refractivity contribution in [3.63, 3.8) is 0 Å². The van der Waals surface area contributed by atoms with Crippen LogP contribution >= 0.6 is 0 Å². The van der Waals surface area contributed by atoms with Crippen molar-refractivity contribution >= 4 is 5.91 Å². The first kappa shape index (κ1) is 21.8. The first-order valence-corrected chi connectivity index (χ1v) is 12.3. The summed E-state index contributed by atoms with van der Waals surface area (Å²) in [6.07, 6.45) is 11.0. The molecule has 33 heavy (non-hydrogen) atoms. The molecule has 1 fully saturated rings. The second kappa shape index (κ2) is 10.3. The molecule has 2 aliphatic rings. The predicted molar refractivity (Wildman–Crippen MR) is 129 cm³/mol. The summed E-state index contributed by atoms with van der Waals surface area (Å²) in [5.41, 5.74) is 5.60. The van der Waals surface area contributed by atoms with E-state index in [9.17, 15) is 4.79 Å². The Morgan fingerprint density at radius 3 is 2.58 bits per heavy atom. The van der Waals surface area contributed by atoms with Crippen LogP contribution in [0.25, 0.3) is 0 Å². The Morgan fingerprint density at radius 1 is 1.00 bits per heavy atom. The van der Waals surface area contributed by atoms with Crippen LogP contribution in [0.1, 0.15) is 58.6 Å². The molecule has 0 saturated carbocycles. The van der Waals surface area contributed by atoms with Crippen molar-refractivity contribution in [2.45, 2.75) is 57.5 Å². The maximum absolute atomic E-state index is 13.5. The van der Waals surface area contributed by atoms with Crippen molar-refractivity contribution in [2.75, 3.05) is 19.6 Å². The third-order valence-corrected chi connectivity index (χ3v) is 6.96. The Bertz CT molecular complexity index is 1060. The highest BCUT2D eigenvalue weighted by Gasteiger charge is 2.31. The van der Waals surface area contributed by atoms with E-state index in [1.165, 1.54) is 23.2 Å². The van der Waals surface area contributed by atoms with Crippen LogP contribution in [0, 0.1) is 0 Å². The van der Waals surface area contributed by atoms with Gasteiger partial charge in [0, 0.05) is 42.8 Å². The minimum atomic E-state index is 0.121. The first-order valence-electron chi connectivity index (χ1n) is 12.3. The van der Waals surface area contributed by atoms with Gasteiger partial charge < -0.3 is 10.2 Å². The number of hydrogen-bond acceptors (Lipinski definition) is 4. The van der Waals surface area contributed by atoms with E-state index in [1.807, 2.05) is 23.4 Å². The number of rotatable bonds is 7. The molecule has 6 heteroatoms. The second-order valence-corrected chi connectivity index (χ2v) is 9.27. The lowest BCUT2D eigenvalue weighted by Crippen LogP contribution is -2.38. The van der Waals surface area contributed by atoms with Gasteiger partial charge in [-0.05, 0) is 74.8 Å². The van der Waals surface area contributed by atoms with E-state index < -0.39 is 0 Å². The van der Waals surface area contributed by atoms with E-state index in [4.69, 9.17) is 5.10 Å². The van der Waals surface area contributed by atoms with Crippen LogP contribution < -0.4 is 5.32 Å². The van der Waals surface area contributed by atoms with E-state index >= 15 is 0 Å². The number of pyridine rings is 1. The molecule has 3 heterocycles. The van der Waals surface area contributed by atoms with Crippen LogP contribution in [0.15, 0.2) is 54.9 Å². The van der Waals surface area contributed by atoms with Crippen LogP contribution in [0.3, 0.4) is 0 Å². The number of aromatic nitrogens is 3. The molecule has 0 radical (unpaired) electrons. The first-order chi connectivity index (χ1) is 16.3. The van der Waals surface area contributed by atoms with Crippen molar-refractivity contribution in [2.24, 2.45) is 0 Å². The SMILES string of the molecule is O=C(c1nn(Cc2ccccc2)c2c1CC(NCCc1ccncc1)CC2)N1CCCCC1. The topological polar surface area (TPSA) is 63.1 Å². The highest BCUT2D eigenvalue weighted by atomic mass is 16.2. The van der Waals surface area contributed by atoms with Gasteiger partial charge in [0.25, 0.3) is 5.91 Å². The fourth-order valence-electron chi connectivity index (χ4n) is 5.14. The summed E-state index contributed by atoms with van der Waals surface area (Å²) in [5, 5.41) is 8.65. The zero-order valence-electron chi connectivity index (χ0n) is 19.2. The summed E-state index contributed by atoms with van der Waals surface area (Å²) < 4.78 is 2.09. The zero-order chi connectivity index (χ0) is 22.5. The number of hydrogen-bond donors (Lipinski definition) is 1. The predicted octanol–water partition coefficient (Wildman–Crippen LogP) is 3.64. The van der Waals surface area contributed by atoms with Crippen molar-refractivity contribution in [3.05, 3.63) is 82.9 Å². The van der Waals surface area contributed by atoms with Crippen molar-refractivity contribution in [1.29, 1.82) is 0 Å². The van der Waals surface area contributed by atoms with Gasteiger partial charge in [0.1, 0.15) is 0 Å². The van der Waals surface area contributed by atoms with Gasteiger partial charge in [-0.15, -0.1) is 0 Å². The Kier molecular flexibility index (Phi) is 6.81. The van der Waals surface area contributed by atoms with Gasteiger partial charge >= 0.3 is 0 Å². The number of likely N-dealkylation sites (tertiary alicyclic amines) is 1. The molecule has 2 aromatic heterocycles. The number of fused-ring (bicyclic) bond motifs is 1. The summed E-state index contributed by atoms with van der Waals surface area (Å²) >= 11 is 0. The van der Waals surface area contributed by atoms with Gasteiger partial charge in [0.2, 0.25) is 0 Å². The molecule has 3 aromatic rings. The van der Waals surface area contributed by atoms with Gasteiger partial charge in [0.05, 0.1) is 6.54 Å². The molecule has 172 valence electrons. The van der Waals surface area contributed by atoms with Gasteiger partial charge in [0.15, 0.2) is 5.69 Å². The lowest BCUT2D eigenvalue weighted by atomic mass is 9.90. The van der Waals surface area contributed by atoms with Crippen molar-refractivity contribution < 1.29 is 4.79 Å². The lowest BCUT2D eigenvalue weighted by Gasteiger charge is -2.28. The van der Waals surface area contributed by atoms with Crippen LogP contribution in [0.5, 0.6) is 0 Å². The maximum Gasteiger partial charge on any atom is 0.274 e. The van der Waals surface area contributed by atoms with E-state index in [1.54, 1.807) is 0 Å². The standard InChI is InChI=1S/C27H33N5O/c33-27(31-17-5-2-6-18-31)26-24-19-23(29-16-13-21-11-14-28-15-12-21)9-10-25(24)32(30-26)20-22-7-3-1-4-8-22/h1,3-4,7-8,11-12,14-15,23,29H,2,5-6,9-10,13,16-20H2. The molecular weight excluding hydrogens is 410 g/mol. The number of carbonyl (C=O) groups is 1. The Labute approximate surface area is 196 Å². The number of nitrogens with zero attached hydrogens (tertiary/aromatic N) is 4. The minimum Gasteiger partial charge on any atom is -0.337 e. The molecule has 1 aliphatic heterocycles. The molecule has 1 amide bonds. The van der Waals surface area contributed by atoms with Crippen LogP contribution in [0.4, 0.5) is 0 Å². The zero-order valence-corrected chi connectivity index (χ0v) is 19.2. The molecule has 1 aliphatic carbocycles. The minimum absolute atomic E-state index is 0.121. The summed E-state index contributed by atoms with van der Waals surface area (Å²) in [4.78, 5) is 19.6. The quantitative estimate of drug-likeness (QED) is 0.606. The largest absolute Gasteiger partial charge is 0.337 e. The van der Waals surface area contributed by atoms with Crippen molar-refractivity contribution in [1.82, 2.24) is 25.0 Å². The van der Waals surface area contributed by atoms with Gasteiger partial charge in [-0.2, -0.15) is 5.10 Å². The Hall–Kier alpha value is -2.99. The summed E-state index contributed by atoms with van der Waals surface area (Å²) in [6, 6.07) is 14.9. The number of benzene rings is 1. The molecule has 0 bridgehead atoms. The van der Waals surface area contributed by atoms with E-state index in [0.717, 1.165) is 70.3 Å². The average molecular weight is 444 g/mol. The molecule has 1 N–H and O–H groups in total. The number of amides is 1. The normalized spacial score (nSPS) is 18.2. The molecule has 5 rings (SSSR count). The van der Waals surface area contributed by atoms with E-state index in [-0.39, 0.29) is 5.91 Å². The number of carbonyl (C=O) groups excluding carboxylic acids is 1. The molecule has 0 spiro atoms. The van der Waals surface area contributed by atoms with Gasteiger partial charge in [-0.3, -0.25) is 14.5 Å². The number of nitrogens with one attached hydrogen (secondary N) is 1. The molecule has 1 atom stereocenters. The molecule has 1 saturated heterocycles. The summed E-state index contributed by atoms with van der Waals surface area (Å²) in [6.45, 7) is 3.35. The highest BCUT2D eigenvalue weighted by Crippen LogP contribution is 2.27. The summed E-state index contributed by atoms with van der Waals surface area (Å²) in [5.74, 6) is 0.121. The second-order valence-electron chi connectivity index (χ2n) is 9.27. The molecular formula is C27H33N5O. The van der Waals surface area contributed by atoms with Crippen LogP contribution in [0.2, 0.25) is 0 Å². The fourth-order valence-corrected chi connectivity index (χ4v) is 5.14. The molecule has 1 aromatic carbocycles. The van der Waals surface area contributed by atoms with Gasteiger partial charge in [-0.25, -0.2) is 0 Å². The van der Waals surface area contributed by atoms with Gasteiger partial charge in [-0.1, -0.05) is 30.3 Å². The Balaban J connectivity index is 1.34. The van der Waals surface area contributed by atoms with Crippen LogP contribution in [-0.2, 0) is 25.8 Å². The summed E-state index contributed by atoms with van der Waals surface area (Å²) in [7, 11) is 0. The van der Waals surface area contributed by atoms with Crippen LogP contribution in [-0.4, -0.2) is 51.2 Å². The van der Waals surface area contributed by atoms with E-state index in [0.29, 0.717) is 11.7 Å². The third-order valence-electron chi connectivity index (χ3n) is 6.96.